The van der Waals surface area contributed by atoms with Crippen molar-refractivity contribution in [3.63, 3.8) is 0 Å². The van der Waals surface area contributed by atoms with Crippen LogP contribution in [0.3, 0.4) is 0 Å². The van der Waals surface area contributed by atoms with Crippen LogP contribution in [0.2, 0.25) is 0 Å². The van der Waals surface area contributed by atoms with Crippen molar-refractivity contribution in [1.29, 1.82) is 0 Å². The Morgan fingerprint density at radius 1 is 1.14 bits per heavy atom. The van der Waals surface area contributed by atoms with E-state index in [4.69, 9.17) is 0 Å². The normalized spacial score (nSPS) is 24.8. The highest BCUT2D eigenvalue weighted by atomic mass is 32.2. The van der Waals surface area contributed by atoms with E-state index in [1.54, 1.807) is 38.1 Å². The van der Waals surface area contributed by atoms with Gasteiger partial charge in [-0.15, -0.1) is 0 Å². The fourth-order valence-electron chi connectivity index (χ4n) is 3.26. The van der Waals surface area contributed by atoms with Crippen LogP contribution in [0.5, 0.6) is 0 Å². The molecule has 0 spiro atoms. The van der Waals surface area contributed by atoms with Crippen LogP contribution in [-0.4, -0.2) is 50.7 Å². The molecule has 2 atom stereocenters. The smallest absolute Gasteiger partial charge is 0.253 e. The van der Waals surface area contributed by atoms with Gasteiger partial charge in [-0.3, -0.25) is 4.79 Å². The van der Waals surface area contributed by atoms with E-state index in [-0.39, 0.29) is 10.8 Å². The number of nitrogens with one attached hydrogen (secondary N) is 1. The van der Waals surface area contributed by atoms with Gasteiger partial charge in [0.1, 0.15) is 0 Å². The summed E-state index contributed by atoms with van der Waals surface area (Å²) in [5.74, 6) is 1.12. The van der Waals surface area contributed by atoms with Crippen molar-refractivity contribution >= 4 is 15.7 Å². The SMILES string of the molecule is CC(C)S(=O)(=O)c1ccc(C(=O)N2C[C@H]3CNC[C@H]3C2)cc1. The second kappa shape index (κ2) is 5.66. The summed E-state index contributed by atoms with van der Waals surface area (Å²) in [5, 5.41) is 2.89. The average molecular weight is 322 g/mol. The van der Waals surface area contributed by atoms with Crippen LogP contribution in [0.1, 0.15) is 24.2 Å². The van der Waals surface area contributed by atoms with Gasteiger partial charge in [0.05, 0.1) is 10.1 Å². The minimum absolute atomic E-state index is 0.00268. The van der Waals surface area contributed by atoms with Crippen LogP contribution in [0.15, 0.2) is 29.2 Å². The molecule has 0 aromatic heterocycles. The van der Waals surface area contributed by atoms with Gasteiger partial charge in [0.2, 0.25) is 0 Å². The number of benzene rings is 1. The Morgan fingerprint density at radius 3 is 2.18 bits per heavy atom. The number of hydrogen-bond donors (Lipinski definition) is 1. The molecule has 0 radical (unpaired) electrons. The third-order valence-electron chi connectivity index (χ3n) is 4.73. The summed E-state index contributed by atoms with van der Waals surface area (Å²) < 4.78 is 24.2. The van der Waals surface area contributed by atoms with Crippen LogP contribution >= 0.6 is 0 Å². The van der Waals surface area contributed by atoms with Gasteiger partial charge in [-0.05, 0) is 49.9 Å². The monoisotopic (exact) mass is 322 g/mol. The predicted molar refractivity (Wildman–Crippen MR) is 84.5 cm³/mol. The summed E-state index contributed by atoms with van der Waals surface area (Å²) >= 11 is 0. The first-order valence-corrected chi connectivity index (χ1v) is 9.28. The first-order chi connectivity index (χ1) is 10.4. The van der Waals surface area contributed by atoms with Gasteiger partial charge >= 0.3 is 0 Å². The second-order valence-electron chi connectivity index (χ2n) is 6.51. The van der Waals surface area contributed by atoms with Gasteiger partial charge < -0.3 is 10.2 Å². The van der Waals surface area contributed by atoms with E-state index >= 15 is 0 Å². The van der Waals surface area contributed by atoms with Gasteiger partial charge in [-0.2, -0.15) is 0 Å². The van der Waals surface area contributed by atoms with Crippen LogP contribution in [-0.2, 0) is 9.84 Å². The number of carbonyl (C=O) groups excluding carboxylic acids is 1. The van der Waals surface area contributed by atoms with Gasteiger partial charge in [-0.25, -0.2) is 8.42 Å². The number of rotatable bonds is 3. The Bertz CT molecular complexity index is 655. The number of nitrogens with zero attached hydrogens (tertiary/aromatic N) is 1. The highest BCUT2D eigenvalue weighted by molar-refractivity contribution is 7.92. The Hall–Kier alpha value is -1.40. The number of fused-ring (bicyclic) bond motifs is 1. The molecule has 0 aliphatic carbocycles. The first kappa shape index (κ1) is 15.5. The molecule has 6 heteroatoms. The zero-order valence-corrected chi connectivity index (χ0v) is 13.8. The molecule has 5 nitrogen and oxygen atoms in total. The predicted octanol–water partition coefficient (Wildman–Crippen LogP) is 1.16. The fraction of sp³-hybridized carbons (Fsp3) is 0.562. The lowest BCUT2D eigenvalue weighted by atomic mass is 10.0. The Kier molecular flexibility index (Phi) is 3.99. The van der Waals surface area contributed by atoms with Crippen LogP contribution in [0.4, 0.5) is 0 Å². The van der Waals surface area contributed by atoms with Crippen molar-refractivity contribution in [3.05, 3.63) is 29.8 Å². The molecule has 0 bridgehead atoms. The van der Waals surface area contributed by atoms with Crippen molar-refractivity contribution < 1.29 is 13.2 Å². The minimum atomic E-state index is -3.28. The van der Waals surface area contributed by atoms with Gasteiger partial charge in [0.15, 0.2) is 9.84 Å². The molecule has 120 valence electrons. The molecule has 1 aromatic carbocycles. The molecule has 3 rings (SSSR count). The van der Waals surface area contributed by atoms with Gasteiger partial charge in [0.25, 0.3) is 5.91 Å². The summed E-state index contributed by atoms with van der Waals surface area (Å²) in [7, 11) is -3.28. The van der Waals surface area contributed by atoms with E-state index in [0.717, 1.165) is 26.2 Å². The van der Waals surface area contributed by atoms with Gasteiger partial charge in [0, 0.05) is 31.7 Å². The standard InChI is InChI=1S/C16H22N2O3S/c1-11(2)22(20,21)15-5-3-12(4-6-15)16(19)18-9-13-7-17-8-14(13)10-18/h3-6,11,13-14,17H,7-10H2,1-2H3/t13-,14+. The lowest BCUT2D eigenvalue weighted by Gasteiger charge is -2.18. The molecule has 2 saturated heterocycles. The van der Waals surface area contributed by atoms with Crippen molar-refractivity contribution in [2.45, 2.75) is 24.0 Å². The summed E-state index contributed by atoms with van der Waals surface area (Å²) in [5.41, 5.74) is 0.565. The van der Waals surface area contributed by atoms with Crippen molar-refractivity contribution in [3.8, 4) is 0 Å². The number of hydrogen-bond acceptors (Lipinski definition) is 4. The van der Waals surface area contributed by atoms with Crippen LogP contribution in [0.25, 0.3) is 0 Å². The largest absolute Gasteiger partial charge is 0.338 e. The van der Waals surface area contributed by atoms with E-state index < -0.39 is 15.1 Å². The molecule has 1 N–H and O–H groups in total. The average Bonchev–Trinajstić information content (AvgIpc) is 3.07. The molecular formula is C16H22N2O3S. The van der Waals surface area contributed by atoms with E-state index in [0.29, 0.717) is 17.4 Å². The highest BCUT2D eigenvalue weighted by Gasteiger charge is 2.38. The number of amides is 1. The van der Waals surface area contributed by atoms with Crippen LogP contribution in [0, 0.1) is 11.8 Å². The first-order valence-electron chi connectivity index (χ1n) is 7.73. The lowest BCUT2D eigenvalue weighted by molar-refractivity contribution is 0.0781. The molecular weight excluding hydrogens is 300 g/mol. The number of carbonyl (C=O) groups is 1. The van der Waals surface area contributed by atoms with Crippen molar-refractivity contribution in [2.75, 3.05) is 26.2 Å². The number of likely N-dealkylation sites (tertiary alicyclic amines) is 1. The summed E-state index contributed by atoms with van der Waals surface area (Å²) in [6, 6.07) is 6.34. The molecule has 0 unspecified atom stereocenters. The fourth-order valence-corrected chi connectivity index (χ4v) is 4.32. The Morgan fingerprint density at radius 2 is 1.68 bits per heavy atom. The highest BCUT2D eigenvalue weighted by Crippen LogP contribution is 2.27. The lowest BCUT2D eigenvalue weighted by Crippen LogP contribution is -2.31. The van der Waals surface area contributed by atoms with Crippen molar-refractivity contribution in [1.82, 2.24) is 10.2 Å². The maximum atomic E-state index is 12.5. The minimum Gasteiger partial charge on any atom is -0.338 e. The summed E-state index contributed by atoms with van der Waals surface area (Å²) in [4.78, 5) is 14.7. The third-order valence-corrected chi connectivity index (χ3v) is 6.90. The topological polar surface area (TPSA) is 66.5 Å². The zero-order chi connectivity index (χ0) is 15.9. The Balaban J connectivity index is 1.75. The maximum absolute atomic E-state index is 12.5. The molecule has 22 heavy (non-hydrogen) atoms. The van der Waals surface area contributed by atoms with Crippen LogP contribution < -0.4 is 5.32 Å². The molecule has 0 saturated carbocycles. The molecule has 2 fully saturated rings. The van der Waals surface area contributed by atoms with E-state index in [9.17, 15) is 13.2 Å². The van der Waals surface area contributed by atoms with Crippen molar-refractivity contribution in [2.24, 2.45) is 11.8 Å². The molecule has 1 amide bonds. The maximum Gasteiger partial charge on any atom is 0.253 e. The third kappa shape index (κ3) is 2.65. The second-order valence-corrected chi connectivity index (χ2v) is 9.01. The quantitative estimate of drug-likeness (QED) is 0.907. The molecule has 2 aliphatic heterocycles. The summed E-state index contributed by atoms with van der Waals surface area (Å²) in [6.45, 7) is 6.88. The van der Waals surface area contributed by atoms with E-state index in [2.05, 4.69) is 5.32 Å². The van der Waals surface area contributed by atoms with E-state index in [1.165, 1.54) is 0 Å². The van der Waals surface area contributed by atoms with E-state index in [1.807, 2.05) is 4.90 Å². The molecule has 2 heterocycles. The summed E-state index contributed by atoms with van der Waals surface area (Å²) in [6.07, 6.45) is 0. The zero-order valence-electron chi connectivity index (χ0n) is 13.0. The number of sulfone groups is 1. The molecule has 2 aliphatic rings. The van der Waals surface area contributed by atoms with Gasteiger partial charge in [-0.1, -0.05) is 0 Å². The molecule has 1 aromatic rings. The Labute approximate surface area is 131 Å².